The SMILES string of the molecule is CCC(C)C(N)C(=O)NCc1ccc(C)cc1OCCOC. The number of nitrogens with one attached hydrogen (secondary N) is 1. The summed E-state index contributed by atoms with van der Waals surface area (Å²) in [6, 6.07) is 5.45. The fraction of sp³-hybridized carbons (Fsp3) is 0.588. The van der Waals surface area contributed by atoms with Crippen molar-refractivity contribution in [1.29, 1.82) is 0 Å². The second-order valence-corrected chi connectivity index (χ2v) is 5.58. The largest absolute Gasteiger partial charge is 0.491 e. The summed E-state index contributed by atoms with van der Waals surface area (Å²) in [6.45, 7) is 7.43. The van der Waals surface area contributed by atoms with Crippen molar-refractivity contribution in [2.45, 2.75) is 39.8 Å². The highest BCUT2D eigenvalue weighted by Gasteiger charge is 2.19. The summed E-state index contributed by atoms with van der Waals surface area (Å²) < 4.78 is 10.7. The maximum absolute atomic E-state index is 12.1. The van der Waals surface area contributed by atoms with Crippen molar-refractivity contribution in [3.05, 3.63) is 29.3 Å². The first-order valence-electron chi connectivity index (χ1n) is 7.74. The molecule has 0 radical (unpaired) electrons. The average Bonchev–Trinajstić information content (AvgIpc) is 2.52. The van der Waals surface area contributed by atoms with Crippen LogP contribution in [0.15, 0.2) is 18.2 Å². The van der Waals surface area contributed by atoms with Crippen molar-refractivity contribution in [1.82, 2.24) is 5.32 Å². The smallest absolute Gasteiger partial charge is 0.237 e. The van der Waals surface area contributed by atoms with Gasteiger partial charge in [0.25, 0.3) is 0 Å². The normalized spacial score (nSPS) is 13.5. The van der Waals surface area contributed by atoms with E-state index < -0.39 is 6.04 Å². The molecule has 0 saturated carbocycles. The number of hydrogen-bond donors (Lipinski definition) is 2. The second kappa shape index (κ2) is 9.43. The summed E-state index contributed by atoms with van der Waals surface area (Å²) in [6.07, 6.45) is 0.879. The summed E-state index contributed by atoms with van der Waals surface area (Å²) in [5.74, 6) is 0.808. The molecular weight excluding hydrogens is 280 g/mol. The van der Waals surface area contributed by atoms with Crippen LogP contribution in [0.25, 0.3) is 0 Å². The molecule has 0 aliphatic rings. The molecule has 1 amide bonds. The van der Waals surface area contributed by atoms with E-state index in [-0.39, 0.29) is 11.8 Å². The van der Waals surface area contributed by atoms with Crippen molar-refractivity contribution in [3.63, 3.8) is 0 Å². The lowest BCUT2D eigenvalue weighted by molar-refractivity contribution is -0.123. The molecule has 1 aromatic carbocycles. The molecule has 0 bridgehead atoms. The van der Waals surface area contributed by atoms with E-state index in [1.54, 1.807) is 7.11 Å². The van der Waals surface area contributed by atoms with Gasteiger partial charge in [0, 0.05) is 19.2 Å². The van der Waals surface area contributed by atoms with Gasteiger partial charge in [-0.05, 0) is 24.5 Å². The molecule has 22 heavy (non-hydrogen) atoms. The van der Waals surface area contributed by atoms with Crippen LogP contribution < -0.4 is 15.8 Å². The number of rotatable bonds is 9. The van der Waals surface area contributed by atoms with Gasteiger partial charge in [0.2, 0.25) is 5.91 Å². The van der Waals surface area contributed by atoms with Gasteiger partial charge in [0.15, 0.2) is 0 Å². The molecule has 0 heterocycles. The van der Waals surface area contributed by atoms with Crippen LogP contribution in [0, 0.1) is 12.8 Å². The highest BCUT2D eigenvalue weighted by Crippen LogP contribution is 2.20. The van der Waals surface area contributed by atoms with Crippen LogP contribution in [0.4, 0.5) is 0 Å². The van der Waals surface area contributed by atoms with Crippen molar-refractivity contribution in [2.24, 2.45) is 11.7 Å². The molecule has 1 aromatic rings. The lowest BCUT2D eigenvalue weighted by Crippen LogP contribution is -2.44. The van der Waals surface area contributed by atoms with E-state index in [0.29, 0.717) is 19.8 Å². The second-order valence-electron chi connectivity index (χ2n) is 5.58. The van der Waals surface area contributed by atoms with Crippen LogP contribution in [-0.4, -0.2) is 32.3 Å². The van der Waals surface area contributed by atoms with E-state index in [1.165, 1.54) is 0 Å². The molecule has 3 N–H and O–H groups in total. The Morgan fingerprint density at radius 1 is 1.36 bits per heavy atom. The number of nitrogens with two attached hydrogens (primary N) is 1. The van der Waals surface area contributed by atoms with Gasteiger partial charge in [0.05, 0.1) is 12.6 Å². The number of hydrogen-bond acceptors (Lipinski definition) is 4. The third-order valence-corrected chi connectivity index (χ3v) is 3.78. The Balaban J connectivity index is 2.66. The van der Waals surface area contributed by atoms with E-state index >= 15 is 0 Å². The van der Waals surface area contributed by atoms with Crippen LogP contribution in [0.2, 0.25) is 0 Å². The van der Waals surface area contributed by atoms with Gasteiger partial charge in [-0.25, -0.2) is 0 Å². The Kier molecular flexibility index (Phi) is 7.91. The van der Waals surface area contributed by atoms with E-state index in [9.17, 15) is 4.79 Å². The highest BCUT2D eigenvalue weighted by molar-refractivity contribution is 5.81. The number of aryl methyl sites for hydroxylation is 1. The molecule has 2 unspecified atom stereocenters. The summed E-state index contributed by atoms with van der Waals surface area (Å²) in [5, 5.41) is 2.89. The van der Waals surface area contributed by atoms with Crippen LogP contribution in [0.1, 0.15) is 31.4 Å². The van der Waals surface area contributed by atoms with Crippen molar-refractivity contribution in [3.8, 4) is 5.75 Å². The van der Waals surface area contributed by atoms with Crippen molar-refractivity contribution >= 4 is 5.91 Å². The first kappa shape index (κ1) is 18.5. The molecular formula is C17H28N2O3. The highest BCUT2D eigenvalue weighted by atomic mass is 16.5. The zero-order valence-electron chi connectivity index (χ0n) is 14.0. The minimum atomic E-state index is -0.478. The fourth-order valence-electron chi connectivity index (χ4n) is 1.99. The van der Waals surface area contributed by atoms with Gasteiger partial charge in [-0.2, -0.15) is 0 Å². The summed E-state index contributed by atoms with van der Waals surface area (Å²) >= 11 is 0. The Hall–Kier alpha value is -1.59. The molecule has 5 nitrogen and oxygen atoms in total. The van der Waals surface area contributed by atoms with E-state index in [1.807, 2.05) is 39.0 Å². The van der Waals surface area contributed by atoms with Gasteiger partial charge < -0.3 is 20.5 Å². The molecule has 0 aliphatic carbocycles. The average molecular weight is 308 g/mol. The van der Waals surface area contributed by atoms with E-state index in [2.05, 4.69) is 5.32 Å². The van der Waals surface area contributed by atoms with Crippen LogP contribution in [0.3, 0.4) is 0 Å². The number of carbonyl (C=O) groups excluding carboxylic acids is 1. The van der Waals surface area contributed by atoms with Crippen molar-refractivity contribution in [2.75, 3.05) is 20.3 Å². The predicted octanol–water partition coefficient (Wildman–Crippen LogP) is 2.01. The fourth-order valence-corrected chi connectivity index (χ4v) is 1.99. The molecule has 124 valence electrons. The van der Waals surface area contributed by atoms with Gasteiger partial charge in [-0.1, -0.05) is 32.4 Å². The lowest BCUT2D eigenvalue weighted by Gasteiger charge is -2.18. The summed E-state index contributed by atoms with van der Waals surface area (Å²) in [5.41, 5.74) is 7.98. The number of carbonyl (C=O) groups is 1. The zero-order valence-corrected chi connectivity index (χ0v) is 14.0. The van der Waals surface area contributed by atoms with Gasteiger partial charge in [0.1, 0.15) is 12.4 Å². The number of amides is 1. The molecule has 1 rings (SSSR count). The first-order valence-corrected chi connectivity index (χ1v) is 7.74. The topological polar surface area (TPSA) is 73.6 Å². The van der Waals surface area contributed by atoms with Gasteiger partial charge in [-0.15, -0.1) is 0 Å². The Morgan fingerprint density at radius 2 is 2.09 bits per heavy atom. The third-order valence-electron chi connectivity index (χ3n) is 3.78. The Labute approximate surface area is 133 Å². The summed E-state index contributed by atoms with van der Waals surface area (Å²) in [4.78, 5) is 12.1. The predicted molar refractivity (Wildman–Crippen MR) is 87.8 cm³/mol. The standard InChI is InChI=1S/C17H28N2O3/c1-5-13(3)16(18)17(20)19-11-14-7-6-12(2)10-15(14)22-9-8-21-4/h6-7,10,13,16H,5,8-9,11,18H2,1-4H3,(H,19,20). The molecule has 0 aromatic heterocycles. The maximum Gasteiger partial charge on any atom is 0.237 e. The quantitative estimate of drug-likeness (QED) is 0.684. The third kappa shape index (κ3) is 5.66. The Bertz CT molecular complexity index is 477. The zero-order chi connectivity index (χ0) is 16.5. The molecule has 0 aliphatic heterocycles. The van der Waals surface area contributed by atoms with Crippen LogP contribution in [0.5, 0.6) is 5.75 Å². The number of benzene rings is 1. The minimum absolute atomic E-state index is 0.127. The summed E-state index contributed by atoms with van der Waals surface area (Å²) in [7, 11) is 1.64. The lowest BCUT2D eigenvalue weighted by atomic mass is 9.99. The number of ether oxygens (including phenoxy) is 2. The molecule has 0 saturated heterocycles. The Morgan fingerprint density at radius 3 is 2.73 bits per heavy atom. The van der Waals surface area contributed by atoms with Gasteiger partial charge >= 0.3 is 0 Å². The monoisotopic (exact) mass is 308 g/mol. The van der Waals surface area contributed by atoms with E-state index in [4.69, 9.17) is 15.2 Å². The minimum Gasteiger partial charge on any atom is -0.491 e. The molecule has 5 heteroatoms. The van der Waals surface area contributed by atoms with Gasteiger partial charge in [-0.3, -0.25) is 4.79 Å². The molecule has 0 spiro atoms. The van der Waals surface area contributed by atoms with Crippen LogP contribution in [-0.2, 0) is 16.1 Å². The molecule has 2 atom stereocenters. The van der Waals surface area contributed by atoms with Crippen LogP contribution >= 0.6 is 0 Å². The van der Waals surface area contributed by atoms with E-state index in [0.717, 1.165) is 23.3 Å². The first-order chi connectivity index (χ1) is 10.5. The molecule has 0 fully saturated rings. The number of methoxy groups -OCH3 is 1. The maximum atomic E-state index is 12.1. The van der Waals surface area contributed by atoms with Crippen molar-refractivity contribution < 1.29 is 14.3 Å².